The van der Waals surface area contributed by atoms with Crippen LogP contribution in [-0.2, 0) is 0 Å². The highest BCUT2D eigenvalue weighted by molar-refractivity contribution is 5.67. The fourth-order valence-corrected chi connectivity index (χ4v) is 2.38. The average molecular weight is 249 g/mol. The molecule has 0 saturated carbocycles. The second-order valence-electron chi connectivity index (χ2n) is 4.94. The first-order chi connectivity index (χ1) is 8.49. The van der Waals surface area contributed by atoms with E-state index in [1.54, 1.807) is 6.07 Å². The molecule has 0 bridgehead atoms. The number of hydrogen-bond acceptors (Lipinski definition) is 3. The van der Waals surface area contributed by atoms with Gasteiger partial charge in [0, 0.05) is 43.1 Å². The molecule has 1 aliphatic heterocycles. The quantitative estimate of drug-likeness (QED) is 0.867. The third kappa shape index (κ3) is 2.48. The van der Waals surface area contributed by atoms with Crippen LogP contribution in [0.2, 0.25) is 0 Å². The molecule has 1 heterocycles. The molecule has 0 unspecified atom stereocenters. The van der Waals surface area contributed by atoms with Gasteiger partial charge in [-0.3, -0.25) is 0 Å². The standard InChI is InChI=1S/C14H20FN3/c1-10-8-12(9-13(15)14(10)11(2)16)18-6-4-17(3)5-7-18/h8-9H,2,4-7,16H2,1,3H3. The summed E-state index contributed by atoms with van der Waals surface area (Å²) in [6, 6.07) is 3.55. The Morgan fingerprint density at radius 1 is 1.28 bits per heavy atom. The molecule has 4 heteroatoms. The molecule has 1 saturated heterocycles. The summed E-state index contributed by atoms with van der Waals surface area (Å²) < 4.78 is 14.0. The van der Waals surface area contributed by atoms with E-state index in [2.05, 4.69) is 23.4 Å². The Bertz CT molecular complexity index is 439. The first kappa shape index (κ1) is 12.9. The van der Waals surface area contributed by atoms with Crippen molar-refractivity contribution in [3.63, 3.8) is 0 Å². The summed E-state index contributed by atoms with van der Waals surface area (Å²) in [5.74, 6) is -0.281. The first-order valence-electron chi connectivity index (χ1n) is 6.17. The lowest BCUT2D eigenvalue weighted by Gasteiger charge is -2.34. The molecule has 0 aromatic heterocycles. The molecule has 2 rings (SSSR count). The van der Waals surface area contributed by atoms with E-state index in [-0.39, 0.29) is 11.5 Å². The smallest absolute Gasteiger partial charge is 0.134 e. The molecule has 1 aromatic rings. The molecule has 0 amide bonds. The van der Waals surface area contributed by atoms with Gasteiger partial charge < -0.3 is 15.5 Å². The van der Waals surface area contributed by atoms with Crippen LogP contribution in [0.5, 0.6) is 0 Å². The number of rotatable bonds is 2. The van der Waals surface area contributed by atoms with Crippen molar-refractivity contribution < 1.29 is 4.39 Å². The Hall–Kier alpha value is -1.55. The molecule has 0 aliphatic carbocycles. The molecule has 2 N–H and O–H groups in total. The zero-order valence-corrected chi connectivity index (χ0v) is 11.0. The Labute approximate surface area is 108 Å². The summed E-state index contributed by atoms with van der Waals surface area (Å²) in [5.41, 5.74) is 8.11. The minimum absolute atomic E-state index is 0.281. The maximum absolute atomic E-state index is 14.0. The minimum atomic E-state index is -0.281. The topological polar surface area (TPSA) is 32.5 Å². The van der Waals surface area contributed by atoms with E-state index in [1.165, 1.54) is 0 Å². The van der Waals surface area contributed by atoms with E-state index in [1.807, 2.05) is 13.0 Å². The summed E-state index contributed by atoms with van der Waals surface area (Å²) in [6.07, 6.45) is 0. The summed E-state index contributed by atoms with van der Waals surface area (Å²) in [5, 5.41) is 0. The van der Waals surface area contributed by atoms with E-state index in [4.69, 9.17) is 5.73 Å². The average Bonchev–Trinajstić information content (AvgIpc) is 2.28. The van der Waals surface area contributed by atoms with Crippen LogP contribution in [0.4, 0.5) is 10.1 Å². The van der Waals surface area contributed by atoms with Crippen LogP contribution < -0.4 is 10.6 Å². The predicted octanol–water partition coefficient (Wildman–Crippen LogP) is 1.82. The van der Waals surface area contributed by atoms with Gasteiger partial charge in [0.15, 0.2) is 0 Å². The maximum Gasteiger partial charge on any atom is 0.134 e. The van der Waals surface area contributed by atoms with Gasteiger partial charge in [-0.2, -0.15) is 0 Å². The highest BCUT2D eigenvalue weighted by Crippen LogP contribution is 2.25. The Morgan fingerprint density at radius 2 is 1.89 bits per heavy atom. The van der Waals surface area contributed by atoms with E-state index >= 15 is 0 Å². The predicted molar refractivity (Wildman–Crippen MR) is 74.1 cm³/mol. The van der Waals surface area contributed by atoms with Crippen LogP contribution in [-0.4, -0.2) is 38.1 Å². The van der Waals surface area contributed by atoms with Gasteiger partial charge in [0.2, 0.25) is 0 Å². The zero-order valence-electron chi connectivity index (χ0n) is 11.0. The van der Waals surface area contributed by atoms with Gasteiger partial charge in [0.25, 0.3) is 0 Å². The second-order valence-corrected chi connectivity index (χ2v) is 4.94. The highest BCUT2D eigenvalue weighted by atomic mass is 19.1. The Kier molecular flexibility index (Phi) is 3.57. The van der Waals surface area contributed by atoms with Crippen molar-refractivity contribution in [2.24, 2.45) is 5.73 Å². The third-order valence-electron chi connectivity index (χ3n) is 3.46. The first-order valence-corrected chi connectivity index (χ1v) is 6.17. The lowest BCUT2D eigenvalue weighted by atomic mass is 10.0. The van der Waals surface area contributed by atoms with Crippen LogP contribution in [0.1, 0.15) is 11.1 Å². The van der Waals surface area contributed by atoms with Crippen molar-refractivity contribution in [1.29, 1.82) is 0 Å². The number of benzene rings is 1. The molecule has 0 spiro atoms. The maximum atomic E-state index is 14.0. The number of halogens is 1. The number of anilines is 1. The number of nitrogens with two attached hydrogens (primary N) is 1. The van der Waals surface area contributed by atoms with Gasteiger partial charge in [-0.1, -0.05) is 6.58 Å². The highest BCUT2D eigenvalue weighted by Gasteiger charge is 2.17. The van der Waals surface area contributed by atoms with Gasteiger partial charge in [0.05, 0.1) is 0 Å². The fraction of sp³-hybridized carbons (Fsp3) is 0.429. The lowest BCUT2D eigenvalue weighted by Crippen LogP contribution is -2.44. The molecule has 18 heavy (non-hydrogen) atoms. The van der Waals surface area contributed by atoms with Crippen molar-refractivity contribution in [2.45, 2.75) is 6.92 Å². The van der Waals surface area contributed by atoms with Crippen molar-refractivity contribution >= 4 is 11.4 Å². The van der Waals surface area contributed by atoms with Gasteiger partial charge in [-0.05, 0) is 31.7 Å². The molecule has 1 aromatic carbocycles. The van der Waals surface area contributed by atoms with Crippen LogP contribution >= 0.6 is 0 Å². The van der Waals surface area contributed by atoms with Crippen LogP contribution in [0.25, 0.3) is 5.70 Å². The van der Waals surface area contributed by atoms with E-state index in [0.29, 0.717) is 5.56 Å². The van der Waals surface area contributed by atoms with E-state index < -0.39 is 0 Å². The van der Waals surface area contributed by atoms with Gasteiger partial charge in [-0.15, -0.1) is 0 Å². The van der Waals surface area contributed by atoms with Gasteiger partial charge >= 0.3 is 0 Å². The lowest BCUT2D eigenvalue weighted by molar-refractivity contribution is 0.312. The van der Waals surface area contributed by atoms with Crippen LogP contribution in [0.15, 0.2) is 18.7 Å². The van der Waals surface area contributed by atoms with Crippen molar-refractivity contribution in [3.8, 4) is 0 Å². The fourth-order valence-electron chi connectivity index (χ4n) is 2.38. The number of aryl methyl sites for hydroxylation is 1. The van der Waals surface area contributed by atoms with E-state index in [9.17, 15) is 4.39 Å². The zero-order chi connectivity index (χ0) is 13.3. The molecule has 3 nitrogen and oxygen atoms in total. The van der Waals surface area contributed by atoms with Crippen LogP contribution in [0.3, 0.4) is 0 Å². The molecular formula is C14H20FN3. The van der Waals surface area contributed by atoms with E-state index in [0.717, 1.165) is 37.4 Å². The molecule has 1 fully saturated rings. The number of hydrogen-bond donors (Lipinski definition) is 1. The number of nitrogens with zero attached hydrogens (tertiary/aromatic N) is 2. The SMILES string of the molecule is C=C(N)c1c(C)cc(N2CCN(C)CC2)cc1F. The third-order valence-corrected chi connectivity index (χ3v) is 3.46. The normalized spacial score (nSPS) is 16.9. The van der Waals surface area contributed by atoms with Crippen LogP contribution in [0, 0.1) is 12.7 Å². The largest absolute Gasteiger partial charge is 0.399 e. The van der Waals surface area contributed by atoms with Gasteiger partial charge in [-0.25, -0.2) is 4.39 Å². The molecule has 98 valence electrons. The monoisotopic (exact) mass is 249 g/mol. The second kappa shape index (κ2) is 4.98. The minimum Gasteiger partial charge on any atom is -0.399 e. The molecule has 0 radical (unpaired) electrons. The molecular weight excluding hydrogens is 229 g/mol. The van der Waals surface area contributed by atoms with Crippen molar-refractivity contribution in [3.05, 3.63) is 35.7 Å². The molecule has 0 atom stereocenters. The van der Waals surface area contributed by atoms with Crippen molar-refractivity contribution in [1.82, 2.24) is 4.90 Å². The number of likely N-dealkylation sites (N-methyl/N-ethyl adjacent to an activating group) is 1. The summed E-state index contributed by atoms with van der Waals surface area (Å²) in [7, 11) is 2.10. The van der Waals surface area contributed by atoms with Crippen molar-refractivity contribution in [2.75, 3.05) is 38.1 Å². The Morgan fingerprint density at radius 3 is 2.39 bits per heavy atom. The Balaban J connectivity index is 2.28. The summed E-state index contributed by atoms with van der Waals surface area (Å²) in [6.45, 7) is 9.36. The molecule has 1 aliphatic rings. The summed E-state index contributed by atoms with van der Waals surface area (Å²) >= 11 is 0. The number of piperazine rings is 1. The van der Waals surface area contributed by atoms with Gasteiger partial charge in [0.1, 0.15) is 5.82 Å². The summed E-state index contributed by atoms with van der Waals surface area (Å²) in [4.78, 5) is 4.48.